The molecule has 0 radical (unpaired) electrons. The van der Waals surface area contributed by atoms with Crippen LogP contribution in [0.1, 0.15) is 35.0 Å². The molecular weight excluding hydrogens is 288 g/mol. The standard InChI is InChI=1S/C14H22N4O2S/c1-3-18-6-4-5-10(8-18)16-12(19)11-7-9(2)21-13(11)17-14(15)20/h7,10H,3-6,8H2,1-2H3,(H,16,19)(H3,15,17,20). The molecule has 2 heterocycles. The van der Waals surface area contributed by atoms with Gasteiger partial charge in [-0.05, 0) is 38.9 Å². The SMILES string of the molecule is CCN1CCCC(NC(=O)c2cc(C)sc2NC(N)=O)C1. The number of hydrogen-bond acceptors (Lipinski definition) is 4. The Morgan fingerprint density at radius 3 is 2.95 bits per heavy atom. The van der Waals surface area contributed by atoms with Crippen molar-refractivity contribution in [1.82, 2.24) is 10.2 Å². The van der Waals surface area contributed by atoms with Crippen molar-refractivity contribution in [3.8, 4) is 0 Å². The van der Waals surface area contributed by atoms with Gasteiger partial charge in [-0.2, -0.15) is 0 Å². The molecule has 1 saturated heterocycles. The van der Waals surface area contributed by atoms with E-state index in [0.29, 0.717) is 10.6 Å². The highest BCUT2D eigenvalue weighted by Crippen LogP contribution is 2.27. The second-order valence-corrected chi connectivity index (χ2v) is 6.55. The van der Waals surface area contributed by atoms with E-state index in [1.54, 1.807) is 6.07 Å². The zero-order valence-corrected chi connectivity index (χ0v) is 13.3. The maximum atomic E-state index is 12.4. The molecule has 3 amide bonds. The smallest absolute Gasteiger partial charge is 0.317 e. The molecule has 1 fully saturated rings. The first-order chi connectivity index (χ1) is 9.99. The Labute approximate surface area is 128 Å². The lowest BCUT2D eigenvalue weighted by molar-refractivity contribution is 0.0907. The van der Waals surface area contributed by atoms with Gasteiger partial charge in [-0.15, -0.1) is 11.3 Å². The average Bonchev–Trinajstić information content (AvgIpc) is 2.79. The van der Waals surface area contributed by atoms with Crippen LogP contribution in [-0.4, -0.2) is 42.5 Å². The number of carbonyl (C=O) groups is 2. The van der Waals surface area contributed by atoms with E-state index in [2.05, 4.69) is 22.5 Å². The minimum Gasteiger partial charge on any atom is -0.351 e. The van der Waals surface area contributed by atoms with Crippen LogP contribution < -0.4 is 16.4 Å². The summed E-state index contributed by atoms with van der Waals surface area (Å²) in [5, 5.41) is 6.09. The monoisotopic (exact) mass is 310 g/mol. The van der Waals surface area contributed by atoms with E-state index < -0.39 is 6.03 Å². The van der Waals surface area contributed by atoms with Gasteiger partial charge < -0.3 is 16.0 Å². The first-order valence-electron chi connectivity index (χ1n) is 7.19. The first-order valence-corrected chi connectivity index (χ1v) is 8.01. The number of thiophene rings is 1. The number of amides is 3. The number of likely N-dealkylation sites (N-methyl/N-ethyl adjacent to an activating group) is 1. The third kappa shape index (κ3) is 4.18. The van der Waals surface area contributed by atoms with E-state index in [4.69, 9.17) is 5.73 Å². The fourth-order valence-corrected chi connectivity index (χ4v) is 3.52. The largest absolute Gasteiger partial charge is 0.351 e. The first kappa shape index (κ1) is 15.8. The van der Waals surface area contributed by atoms with E-state index in [0.717, 1.165) is 37.4 Å². The quantitative estimate of drug-likeness (QED) is 0.792. The summed E-state index contributed by atoms with van der Waals surface area (Å²) >= 11 is 1.35. The Balaban J connectivity index is 2.04. The minimum absolute atomic E-state index is 0.147. The zero-order chi connectivity index (χ0) is 15.4. The molecule has 4 N–H and O–H groups in total. The van der Waals surface area contributed by atoms with Gasteiger partial charge in [0.25, 0.3) is 5.91 Å². The van der Waals surface area contributed by atoms with Crippen molar-refractivity contribution >= 4 is 28.3 Å². The molecule has 1 aliphatic heterocycles. The van der Waals surface area contributed by atoms with Gasteiger partial charge in [0.2, 0.25) is 0 Å². The number of carbonyl (C=O) groups excluding carboxylic acids is 2. The second-order valence-electron chi connectivity index (χ2n) is 5.29. The Hall–Kier alpha value is -1.60. The summed E-state index contributed by atoms with van der Waals surface area (Å²) in [6, 6.07) is 1.29. The molecule has 0 spiro atoms. The lowest BCUT2D eigenvalue weighted by atomic mass is 10.1. The number of nitrogens with zero attached hydrogens (tertiary/aromatic N) is 1. The van der Waals surface area contributed by atoms with Crippen LogP contribution in [0.15, 0.2) is 6.07 Å². The second kappa shape index (κ2) is 6.91. The molecule has 0 aromatic carbocycles. The number of hydrogen-bond donors (Lipinski definition) is 3. The number of rotatable bonds is 4. The molecule has 21 heavy (non-hydrogen) atoms. The van der Waals surface area contributed by atoms with Crippen molar-refractivity contribution in [2.24, 2.45) is 5.73 Å². The Kier molecular flexibility index (Phi) is 5.19. The van der Waals surface area contributed by atoms with Crippen molar-refractivity contribution in [3.63, 3.8) is 0 Å². The van der Waals surface area contributed by atoms with Crippen molar-refractivity contribution in [2.45, 2.75) is 32.7 Å². The van der Waals surface area contributed by atoms with Gasteiger partial charge in [0.15, 0.2) is 0 Å². The Morgan fingerprint density at radius 1 is 1.52 bits per heavy atom. The normalized spacial score (nSPS) is 19.2. The van der Waals surface area contributed by atoms with Gasteiger partial charge in [-0.25, -0.2) is 4.79 Å². The Bertz CT molecular complexity index is 529. The van der Waals surface area contributed by atoms with E-state index in [1.165, 1.54) is 11.3 Å². The number of urea groups is 1. The molecule has 0 aliphatic carbocycles. The number of likely N-dealkylation sites (tertiary alicyclic amines) is 1. The van der Waals surface area contributed by atoms with E-state index in [9.17, 15) is 9.59 Å². The van der Waals surface area contributed by atoms with Crippen molar-refractivity contribution < 1.29 is 9.59 Å². The number of primary amides is 1. The minimum atomic E-state index is -0.652. The third-order valence-corrected chi connectivity index (χ3v) is 4.59. The predicted molar refractivity (Wildman–Crippen MR) is 84.9 cm³/mol. The van der Waals surface area contributed by atoms with Gasteiger partial charge in [0, 0.05) is 17.5 Å². The van der Waals surface area contributed by atoms with Crippen molar-refractivity contribution in [1.29, 1.82) is 0 Å². The number of piperidine rings is 1. The van der Waals surface area contributed by atoms with Crippen LogP contribution in [0.2, 0.25) is 0 Å². The van der Waals surface area contributed by atoms with E-state index in [1.807, 2.05) is 6.92 Å². The van der Waals surface area contributed by atoms with E-state index in [-0.39, 0.29) is 11.9 Å². The molecule has 0 saturated carbocycles. The average molecular weight is 310 g/mol. The molecule has 2 rings (SSSR count). The summed E-state index contributed by atoms with van der Waals surface area (Å²) in [5.74, 6) is -0.147. The van der Waals surface area contributed by atoms with Crippen LogP contribution in [0.5, 0.6) is 0 Å². The number of nitrogens with two attached hydrogens (primary N) is 1. The molecule has 7 heteroatoms. The lowest BCUT2D eigenvalue weighted by Gasteiger charge is -2.32. The highest BCUT2D eigenvalue weighted by Gasteiger charge is 2.23. The molecule has 116 valence electrons. The molecule has 1 unspecified atom stereocenters. The maximum absolute atomic E-state index is 12.4. The highest BCUT2D eigenvalue weighted by atomic mass is 32.1. The highest BCUT2D eigenvalue weighted by molar-refractivity contribution is 7.16. The van der Waals surface area contributed by atoms with Crippen LogP contribution in [0.3, 0.4) is 0 Å². The van der Waals surface area contributed by atoms with Gasteiger partial charge in [0.05, 0.1) is 5.56 Å². The zero-order valence-electron chi connectivity index (χ0n) is 12.4. The van der Waals surface area contributed by atoms with E-state index >= 15 is 0 Å². The summed E-state index contributed by atoms with van der Waals surface area (Å²) in [4.78, 5) is 26.7. The van der Waals surface area contributed by atoms with Crippen molar-refractivity contribution in [3.05, 3.63) is 16.5 Å². The molecular formula is C14H22N4O2S. The van der Waals surface area contributed by atoms with Gasteiger partial charge in [0.1, 0.15) is 5.00 Å². The molecule has 1 aliphatic rings. The number of anilines is 1. The third-order valence-electron chi connectivity index (χ3n) is 3.62. The summed E-state index contributed by atoms with van der Waals surface area (Å²) < 4.78 is 0. The Morgan fingerprint density at radius 2 is 2.29 bits per heavy atom. The van der Waals surface area contributed by atoms with Gasteiger partial charge in [-0.3, -0.25) is 10.1 Å². The fourth-order valence-electron chi connectivity index (χ4n) is 2.61. The summed E-state index contributed by atoms with van der Waals surface area (Å²) in [5.41, 5.74) is 5.63. The van der Waals surface area contributed by atoms with Crippen LogP contribution in [0.25, 0.3) is 0 Å². The molecule has 1 atom stereocenters. The maximum Gasteiger partial charge on any atom is 0.317 e. The van der Waals surface area contributed by atoms with Crippen LogP contribution >= 0.6 is 11.3 Å². The summed E-state index contributed by atoms with van der Waals surface area (Å²) in [6.07, 6.45) is 2.08. The van der Waals surface area contributed by atoms with Crippen LogP contribution in [-0.2, 0) is 0 Å². The lowest BCUT2D eigenvalue weighted by Crippen LogP contribution is -2.47. The summed E-state index contributed by atoms with van der Waals surface area (Å²) in [7, 11) is 0. The predicted octanol–water partition coefficient (Wildman–Crippen LogP) is 1.76. The van der Waals surface area contributed by atoms with Crippen LogP contribution in [0.4, 0.5) is 9.80 Å². The molecule has 1 aromatic rings. The van der Waals surface area contributed by atoms with Crippen molar-refractivity contribution in [2.75, 3.05) is 25.0 Å². The van der Waals surface area contributed by atoms with Gasteiger partial charge >= 0.3 is 6.03 Å². The fraction of sp³-hybridized carbons (Fsp3) is 0.571. The number of aryl methyl sites for hydroxylation is 1. The van der Waals surface area contributed by atoms with Crippen LogP contribution in [0, 0.1) is 6.92 Å². The summed E-state index contributed by atoms with van der Waals surface area (Å²) in [6.45, 7) is 6.99. The topological polar surface area (TPSA) is 87.5 Å². The number of nitrogens with one attached hydrogen (secondary N) is 2. The molecule has 1 aromatic heterocycles. The van der Waals surface area contributed by atoms with Gasteiger partial charge in [-0.1, -0.05) is 6.92 Å². The molecule has 0 bridgehead atoms. The molecule has 6 nitrogen and oxygen atoms in total.